The van der Waals surface area contributed by atoms with Crippen molar-refractivity contribution < 1.29 is 19.1 Å². The molecule has 32 heavy (non-hydrogen) atoms. The first kappa shape index (κ1) is 22.2. The molecule has 1 unspecified atom stereocenters. The van der Waals surface area contributed by atoms with E-state index in [4.69, 9.17) is 9.47 Å². The predicted molar refractivity (Wildman–Crippen MR) is 127 cm³/mol. The second-order valence-corrected chi connectivity index (χ2v) is 9.10. The van der Waals surface area contributed by atoms with Crippen LogP contribution in [-0.4, -0.2) is 61.4 Å². The highest BCUT2D eigenvalue weighted by Gasteiger charge is 2.23. The van der Waals surface area contributed by atoms with Crippen LogP contribution < -0.4 is 10.1 Å². The number of carbonyl (C=O) groups excluding carboxylic acids is 2. The Morgan fingerprint density at radius 3 is 2.75 bits per heavy atom. The number of rotatable bonds is 6. The Morgan fingerprint density at radius 1 is 1.22 bits per heavy atom. The van der Waals surface area contributed by atoms with E-state index >= 15 is 0 Å². The standard InChI is InChI=1S/C24H27N3O4S/c1-30-23(28)13-18-12-20-14-21(6-7-22(20)31-16-18)26-24(29)19-4-2-17(3-5-19)15-25-27-8-10-32-11-9-27/h2-7,14-15,18H,8-13,16H2,1H3,(H,26,29). The zero-order valence-electron chi connectivity index (χ0n) is 18.1. The zero-order valence-corrected chi connectivity index (χ0v) is 18.9. The monoisotopic (exact) mass is 453 g/mol. The molecule has 0 radical (unpaired) electrons. The molecule has 0 spiro atoms. The molecule has 1 amide bonds. The summed E-state index contributed by atoms with van der Waals surface area (Å²) >= 11 is 1.95. The molecule has 0 aliphatic carbocycles. The van der Waals surface area contributed by atoms with Crippen molar-refractivity contribution in [2.24, 2.45) is 11.0 Å². The average Bonchev–Trinajstić information content (AvgIpc) is 2.83. The number of carbonyl (C=O) groups is 2. The first-order chi connectivity index (χ1) is 15.6. The lowest BCUT2D eigenvalue weighted by Gasteiger charge is -2.25. The van der Waals surface area contributed by atoms with Gasteiger partial charge in [0.15, 0.2) is 0 Å². The fraction of sp³-hybridized carbons (Fsp3) is 0.375. The minimum atomic E-state index is -0.241. The van der Waals surface area contributed by atoms with Crippen LogP contribution in [0, 0.1) is 5.92 Å². The largest absolute Gasteiger partial charge is 0.493 e. The van der Waals surface area contributed by atoms with Crippen LogP contribution in [0.5, 0.6) is 5.75 Å². The number of hydrogen-bond acceptors (Lipinski definition) is 7. The van der Waals surface area contributed by atoms with Gasteiger partial charge in [-0.1, -0.05) is 12.1 Å². The first-order valence-corrected chi connectivity index (χ1v) is 11.9. The van der Waals surface area contributed by atoms with E-state index in [0.29, 0.717) is 30.7 Å². The Hall–Kier alpha value is -3.00. The molecule has 4 rings (SSSR count). The molecule has 2 aromatic rings. The maximum Gasteiger partial charge on any atom is 0.305 e. The van der Waals surface area contributed by atoms with Crippen molar-refractivity contribution in [1.82, 2.24) is 5.01 Å². The third kappa shape index (κ3) is 5.82. The van der Waals surface area contributed by atoms with Gasteiger partial charge in [-0.05, 0) is 47.9 Å². The average molecular weight is 454 g/mol. The molecule has 1 fully saturated rings. The normalized spacial score (nSPS) is 18.0. The van der Waals surface area contributed by atoms with Crippen molar-refractivity contribution in [3.63, 3.8) is 0 Å². The van der Waals surface area contributed by atoms with E-state index in [1.54, 1.807) is 12.1 Å². The van der Waals surface area contributed by atoms with Gasteiger partial charge in [-0.2, -0.15) is 16.9 Å². The number of nitrogens with zero attached hydrogens (tertiary/aromatic N) is 2. The number of amides is 1. The highest BCUT2D eigenvalue weighted by atomic mass is 32.2. The van der Waals surface area contributed by atoms with Gasteiger partial charge in [0.2, 0.25) is 0 Å². The summed E-state index contributed by atoms with van der Waals surface area (Å²) in [5, 5.41) is 9.54. The van der Waals surface area contributed by atoms with E-state index in [9.17, 15) is 9.59 Å². The number of hydrogen-bond donors (Lipinski definition) is 1. The number of ether oxygens (including phenoxy) is 2. The maximum absolute atomic E-state index is 12.7. The van der Waals surface area contributed by atoms with Gasteiger partial charge < -0.3 is 14.8 Å². The summed E-state index contributed by atoms with van der Waals surface area (Å²) in [5.41, 5.74) is 3.21. The van der Waals surface area contributed by atoms with Gasteiger partial charge >= 0.3 is 5.97 Å². The first-order valence-electron chi connectivity index (χ1n) is 10.7. The summed E-state index contributed by atoms with van der Waals surface area (Å²) in [5.74, 6) is 2.66. The molecule has 2 heterocycles. The van der Waals surface area contributed by atoms with Crippen molar-refractivity contribution in [2.45, 2.75) is 12.8 Å². The fourth-order valence-corrected chi connectivity index (χ4v) is 4.61. The third-order valence-corrected chi connectivity index (χ3v) is 6.46. The molecule has 8 heteroatoms. The van der Waals surface area contributed by atoms with E-state index < -0.39 is 0 Å². The van der Waals surface area contributed by atoms with E-state index in [-0.39, 0.29) is 17.8 Å². The van der Waals surface area contributed by atoms with Gasteiger partial charge in [0.25, 0.3) is 5.91 Å². The van der Waals surface area contributed by atoms with Crippen molar-refractivity contribution in [3.05, 3.63) is 59.2 Å². The second-order valence-electron chi connectivity index (χ2n) is 7.87. The van der Waals surface area contributed by atoms with Gasteiger partial charge in [-0.15, -0.1) is 0 Å². The van der Waals surface area contributed by atoms with Crippen molar-refractivity contribution >= 4 is 35.5 Å². The molecule has 2 aliphatic heterocycles. The van der Waals surface area contributed by atoms with Crippen LogP contribution >= 0.6 is 11.8 Å². The number of methoxy groups -OCH3 is 1. The number of anilines is 1. The van der Waals surface area contributed by atoms with Crippen LogP contribution in [0.25, 0.3) is 0 Å². The molecule has 1 N–H and O–H groups in total. The molecule has 0 aromatic heterocycles. The van der Waals surface area contributed by atoms with E-state index in [0.717, 1.165) is 41.5 Å². The van der Waals surface area contributed by atoms with Crippen LogP contribution in [0.2, 0.25) is 0 Å². The third-order valence-electron chi connectivity index (χ3n) is 5.51. The van der Waals surface area contributed by atoms with Crippen LogP contribution in [-0.2, 0) is 16.0 Å². The lowest BCUT2D eigenvalue weighted by atomic mass is 9.94. The highest BCUT2D eigenvalue weighted by Crippen LogP contribution is 2.31. The number of thioether (sulfide) groups is 1. The summed E-state index contributed by atoms with van der Waals surface area (Å²) in [6.45, 7) is 2.42. The summed E-state index contributed by atoms with van der Waals surface area (Å²) in [7, 11) is 1.39. The Morgan fingerprint density at radius 2 is 2.00 bits per heavy atom. The second kappa shape index (κ2) is 10.5. The minimum Gasteiger partial charge on any atom is -0.493 e. The van der Waals surface area contributed by atoms with Crippen molar-refractivity contribution in [1.29, 1.82) is 0 Å². The summed E-state index contributed by atoms with van der Waals surface area (Å²) in [6.07, 6.45) is 2.86. The predicted octanol–water partition coefficient (Wildman–Crippen LogP) is 3.44. The molecule has 1 saturated heterocycles. The topological polar surface area (TPSA) is 80.2 Å². The van der Waals surface area contributed by atoms with Gasteiger partial charge in [0, 0.05) is 41.8 Å². The van der Waals surface area contributed by atoms with Crippen LogP contribution in [0.1, 0.15) is 27.9 Å². The van der Waals surface area contributed by atoms with Crippen molar-refractivity contribution in [3.8, 4) is 5.75 Å². The molecular weight excluding hydrogens is 426 g/mol. The maximum atomic E-state index is 12.7. The molecule has 1 atom stereocenters. The number of fused-ring (bicyclic) bond motifs is 1. The SMILES string of the molecule is COC(=O)CC1COc2ccc(NC(=O)c3ccc(C=NN4CCSCC4)cc3)cc2C1. The molecule has 7 nitrogen and oxygen atoms in total. The van der Waals surface area contributed by atoms with Gasteiger partial charge in [0.1, 0.15) is 5.75 Å². The smallest absolute Gasteiger partial charge is 0.305 e. The molecule has 0 saturated carbocycles. The highest BCUT2D eigenvalue weighted by molar-refractivity contribution is 7.99. The van der Waals surface area contributed by atoms with Gasteiger partial charge in [-0.3, -0.25) is 14.6 Å². The number of nitrogens with one attached hydrogen (secondary N) is 1. The van der Waals surface area contributed by atoms with Crippen LogP contribution in [0.3, 0.4) is 0 Å². The summed E-state index contributed by atoms with van der Waals surface area (Å²) < 4.78 is 10.5. The number of hydrazone groups is 1. The molecular formula is C24H27N3O4S. The van der Waals surface area contributed by atoms with Gasteiger partial charge in [-0.25, -0.2) is 0 Å². The van der Waals surface area contributed by atoms with Crippen LogP contribution in [0.15, 0.2) is 47.6 Å². The molecule has 0 bridgehead atoms. The lowest BCUT2D eigenvalue weighted by molar-refractivity contribution is -0.142. The van der Waals surface area contributed by atoms with Gasteiger partial charge in [0.05, 0.1) is 26.4 Å². The Bertz CT molecular complexity index is 987. The fourth-order valence-electron chi connectivity index (χ4n) is 3.73. The van der Waals surface area contributed by atoms with Crippen molar-refractivity contribution in [2.75, 3.05) is 43.6 Å². The Labute approximate surface area is 192 Å². The molecule has 2 aliphatic rings. The zero-order chi connectivity index (χ0) is 22.3. The lowest BCUT2D eigenvalue weighted by Crippen LogP contribution is -2.27. The molecule has 168 valence electrons. The van der Waals surface area contributed by atoms with E-state index in [1.165, 1.54) is 7.11 Å². The van der Waals surface area contributed by atoms with Crippen LogP contribution in [0.4, 0.5) is 5.69 Å². The van der Waals surface area contributed by atoms with E-state index in [2.05, 4.69) is 15.4 Å². The quantitative estimate of drug-likeness (QED) is 0.533. The Kier molecular flexibility index (Phi) is 7.32. The molecule has 2 aromatic carbocycles. The number of esters is 1. The Balaban J connectivity index is 1.36. The van der Waals surface area contributed by atoms with E-state index in [1.807, 2.05) is 48.3 Å². The summed E-state index contributed by atoms with van der Waals surface area (Å²) in [6, 6.07) is 13.0. The minimum absolute atomic E-state index is 0.0683. The number of benzene rings is 2. The summed E-state index contributed by atoms with van der Waals surface area (Å²) in [4.78, 5) is 24.3.